The highest BCUT2D eigenvalue weighted by Crippen LogP contribution is 2.31. The molecule has 2 N–H and O–H groups in total. The molecule has 13 heteroatoms. The lowest BCUT2D eigenvalue weighted by atomic mass is 10.1. The number of fused-ring (bicyclic) bond motifs is 1. The predicted molar refractivity (Wildman–Crippen MR) is 121 cm³/mol. The normalized spacial score (nSPS) is 17.2. The number of pyridine rings is 1. The molecule has 2 aromatic heterocycles. The Hall–Kier alpha value is -3.28. The number of amides is 2. The summed E-state index contributed by atoms with van der Waals surface area (Å²) in [5.41, 5.74) is -3.96. The summed E-state index contributed by atoms with van der Waals surface area (Å²) >= 11 is 6.29. The van der Waals surface area contributed by atoms with Crippen molar-refractivity contribution < 1.29 is 23.1 Å². The van der Waals surface area contributed by atoms with Crippen LogP contribution in [0, 0.1) is 0 Å². The first-order valence-electron chi connectivity index (χ1n) is 10.4. The average Bonchev–Trinajstić information content (AvgIpc) is 3.07. The van der Waals surface area contributed by atoms with Crippen molar-refractivity contribution in [3.05, 3.63) is 45.7 Å². The van der Waals surface area contributed by atoms with E-state index in [1.165, 1.54) is 24.7 Å². The van der Waals surface area contributed by atoms with Crippen LogP contribution in [0.1, 0.15) is 37.7 Å². The van der Waals surface area contributed by atoms with Crippen molar-refractivity contribution in [3.63, 3.8) is 0 Å². The third-order valence-corrected chi connectivity index (χ3v) is 5.16. The number of nitrogens with one attached hydrogen (secondary N) is 2. The van der Waals surface area contributed by atoms with E-state index in [-0.39, 0.29) is 35.2 Å². The maximum absolute atomic E-state index is 14.6. The van der Waals surface area contributed by atoms with Crippen LogP contribution < -0.4 is 16.2 Å². The monoisotopic (exact) mass is 498 g/mol. The summed E-state index contributed by atoms with van der Waals surface area (Å²) in [7, 11) is 0. The fourth-order valence-corrected chi connectivity index (χ4v) is 3.78. The summed E-state index contributed by atoms with van der Waals surface area (Å²) in [4.78, 5) is 47.7. The lowest BCUT2D eigenvalue weighted by Crippen LogP contribution is -2.58. The van der Waals surface area contributed by atoms with Gasteiger partial charge in [-0.1, -0.05) is 11.6 Å². The molecule has 2 aromatic rings. The Morgan fingerprint density at radius 1 is 1.35 bits per heavy atom. The van der Waals surface area contributed by atoms with Gasteiger partial charge in [0, 0.05) is 12.7 Å². The Kier molecular flexibility index (Phi) is 7.39. The minimum absolute atomic E-state index is 0.0482. The summed E-state index contributed by atoms with van der Waals surface area (Å²) in [6, 6.07) is 2.73. The lowest BCUT2D eigenvalue weighted by Gasteiger charge is -2.35. The van der Waals surface area contributed by atoms with E-state index < -0.39 is 48.7 Å². The Labute approximate surface area is 199 Å². The summed E-state index contributed by atoms with van der Waals surface area (Å²) in [6.07, 6.45) is 1.82. The van der Waals surface area contributed by atoms with Gasteiger partial charge in [-0.3, -0.25) is 18.5 Å². The largest absolute Gasteiger partial charge is 0.444 e. The van der Waals surface area contributed by atoms with Gasteiger partial charge in [0.25, 0.3) is 11.5 Å². The van der Waals surface area contributed by atoms with Gasteiger partial charge in [0.05, 0.1) is 18.2 Å². The van der Waals surface area contributed by atoms with Crippen molar-refractivity contribution in [2.45, 2.75) is 38.5 Å². The minimum Gasteiger partial charge on any atom is -0.444 e. The summed E-state index contributed by atoms with van der Waals surface area (Å²) in [5, 5.41) is 5.11. The van der Waals surface area contributed by atoms with Crippen molar-refractivity contribution in [1.29, 1.82) is 0 Å². The van der Waals surface area contributed by atoms with Gasteiger partial charge in [-0.15, -0.1) is 0 Å². The van der Waals surface area contributed by atoms with E-state index in [0.29, 0.717) is 0 Å². The maximum Gasteiger partial charge on any atom is 0.410 e. The van der Waals surface area contributed by atoms with Gasteiger partial charge in [0.1, 0.15) is 35.8 Å². The quantitative estimate of drug-likeness (QED) is 0.574. The van der Waals surface area contributed by atoms with E-state index in [9.17, 15) is 23.2 Å². The smallest absolute Gasteiger partial charge is 0.410 e. The van der Waals surface area contributed by atoms with E-state index in [1.807, 2.05) is 0 Å². The van der Waals surface area contributed by atoms with Crippen molar-refractivity contribution >= 4 is 35.1 Å². The first-order chi connectivity index (χ1) is 16.0. The van der Waals surface area contributed by atoms with E-state index in [4.69, 9.17) is 16.3 Å². The molecule has 0 aromatic carbocycles. The molecule has 2 amide bonds. The molecule has 0 radical (unpaired) electrons. The van der Waals surface area contributed by atoms with Gasteiger partial charge in [0.15, 0.2) is 5.66 Å². The average molecular weight is 499 g/mol. The molecule has 3 rings (SSSR count). The van der Waals surface area contributed by atoms with Gasteiger partial charge < -0.3 is 20.3 Å². The second-order valence-electron chi connectivity index (χ2n) is 8.68. The standard InChI is InChI=1S/C21H25ClF2N6O4/c1-20(2,3)34-19(33)29(8-4-6-23)11-21(10-24)28-17(31)16-13(22)9-14(18(32)30(16)21)27-15-5-7-25-12-26-15/h5,7,9,12H,4,6,8,10-11H2,1-3H3,(H,28,31)(H,25,26,27). The summed E-state index contributed by atoms with van der Waals surface area (Å²) in [6.45, 7) is 2.32. The molecule has 0 spiro atoms. The molecule has 0 fully saturated rings. The minimum atomic E-state index is -1.98. The molecule has 1 aliphatic rings. The molecule has 0 bridgehead atoms. The lowest BCUT2D eigenvalue weighted by molar-refractivity contribution is 0.0111. The van der Waals surface area contributed by atoms with Crippen molar-refractivity contribution in [3.8, 4) is 0 Å². The van der Waals surface area contributed by atoms with E-state index >= 15 is 0 Å². The Morgan fingerprint density at radius 3 is 2.68 bits per heavy atom. The number of carbonyl (C=O) groups excluding carboxylic acids is 2. The van der Waals surface area contributed by atoms with Crippen LogP contribution >= 0.6 is 11.6 Å². The number of halogens is 3. The van der Waals surface area contributed by atoms with Crippen LogP contribution in [0.3, 0.4) is 0 Å². The molecule has 0 saturated heterocycles. The summed E-state index contributed by atoms with van der Waals surface area (Å²) in [5.74, 6) is -0.520. The third kappa shape index (κ3) is 5.27. The van der Waals surface area contributed by atoms with E-state index in [1.54, 1.807) is 20.8 Å². The van der Waals surface area contributed by atoms with Gasteiger partial charge >= 0.3 is 6.09 Å². The number of hydrogen-bond acceptors (Lipinski definition) is 7. The highest BCUT2D eigenvalue weighted by Gasteiger charge is 2.48. The second-order valence-corrected chi connectivity index (χ2v) is 9.09. The van der Waals surface area contributed by atoms with Crippen molar-refractivity contribution in [2.75, 3.05) is 31.8 Å². The van der Waals surface area contributed by atoms with Crippen LogP contribution in [0.4, 0.5) is 25.1 Å². The topological polar surface area (TPSA) is 118 Å². The molecular weight excluding hydrogens is 474 g/mol. The van der Waals surface area contributed by atoms with E-state index in [0.717, 1.165) is 9.47 Å². The molecular formula is C21H25ClF2N6O4. The molecule has 10 nitrogen and oxygen atoms in total. The number of nitrogens with zero attached hydrogens (tertiary/aromatic N) is 4. The third-order valence-electron chi connectivity index (χ3n) is 4.88. The molecule has 34 heavy (non-hydrogen) atoms. The molecule has 3 heterocycles. The van der Waals surface area contributed by atoms with Crippen LogP contribution in [0.15, 0.2) is 29.5 Å². The number of ether oxygens (including phenoxy) is 1. The number of carbonyl (C=O) groups is 2. The van der Waals surface area contributed by atoms with Crippen LogP contribution in [0.25, 0.3) is 0 Å². The van der Waals surface area contributed by atoms with Crippen molar-refractivity contribution in [2.24, 2.45) is 0 Å². The second kappa shape index (κ2) is 9.92. The maximum atomic E-state index is 14.6. The first kappa shape index (κ1) is 25.3. The zero-order valence-electron chi connectivity index (χ0n) is 18.9. The van der Waals surface area contributed by atoms with Crippen LogP contribution in [0.2, 0.25) is 5.02 Å². The first-order valence-corrected chi connectivity index (χ1v) is 10.8. The fourth-order valence-electron chi connectivity index (χ4n) is 3.50. The summed E-state index contributed by atoms with van der Waals surface area (Å²) < 4.78 is 33.8. The molecule has 0 aliphatic carbocycles. The Bertz CT molecular complexity index is 1120. The van der Waals surface area contributed by atoms with Gasteiger partial charge in [0.2, 0.25) is 0 Å². The molecule has 1 aliphatic heterocycles. The van der Waals surface area contributed by atoms with Crippen LogP contribution in [0.5, 0.6) is 0 Å². The number of anilines is 2. The van der Waals surface area contributed by atoms with Gasteiger partial charge in [-0.05, 0) is 39.3 Å². The number of alkyl halides is 2. The Morgan fingerprint density at radius 2 is 2.09 bits per heavy atom. The fraction of sp³-hybridized carbons (Fsp3) is 0.476. The molecule has 1 unspecified atom stereocenters. The number of aromatic nitrogens is 3. The van der Waals surface area contributed by atoms with Gasteiger partial charge in [-0.2, -0.15) is 0 Å². The van der Waals surface area contributed by atoms with Crippen LogP contribution in [-0.2, 0) is 10.4 Å². The van der Waals surface area contributed by atoms with Gasteiger partial charge in [-0.25, -0.2) is 19.2 Å². The molecule has 184 valence electrons. The number of hydrogen-bond donors (Lipinski definition) is 2. The zero-order valence-corrected chi connectivity index (χ0v) is 19.7. The van der Waals surface area contributed by atoms with Crippen molar-refractivity contribution in [1.82, 2.24) is 24.8 Å². The SMILES string of the molecule is CC(C)(C)OC(=O)N(CCCF)CC1(CF)NC(=O)c2c(Cl)cc(Nc3ccncn3)c(=O)n21. The predicted octanol–water partition coefficient (Wildman–Crippen LogP) is 3.00. The zero-order chi connectivity index (χ0) is 25.1. The highest BCUT2D eigenvalue weighted by atomic mass is 35.5. The molecule has 0 saturated carbocycles. The van der Waals surface area contributed by atoms with Crippen LogP contribution in [-0.4, -0.2) is 63.5 Å². The molecule has 1 atom stereocenters. The highest BCUT2D eigenvalue weighted by molar-refractivity contribution is 6.34. The number of rotatable bonds is 8. The Balaban J connectivity index is 2.06. The van der Waals surface area contributed by atoms with E-state index in [2.05, 4.69) is 20.6 Å².